The molecule has 2 heterocycles. The Morgan fingerprint density at radius 3 is 2.86 bits per heavy atom. The van der Waals surface area contributed by atoms with Gasteiger partial charge in [0.15, 0.2) is 5.01 Å². The maximum absolute atomic E-state index is 12.3. The van der Waals surface area contributed by atoms with Crippen molar-refractivity contribution >= 4 is 39.2 Å². The number of amides is 1. The molecule has 3 aromatic rings. The quantitative estimate of drug-likeness (QED) is 0.799. The highest BCUT2D eigenvalue weighted by Gasteiger charge is 2.20. The molecular weight excluding hydrogens is 320 g/mol. The first-order chi connectivity index (χ1) is 10.7. The number of benzene rings is 1. The normalized spacial score (nSPS) is 11.8. The van der Waals surface area contributed by atoms with Crippen LogP contribution in [0.5, 0.6) is 0 Å². The van der Waals surface area contributed by atoms with Crippen molar-refractivity contribution in [3.05, 3.63) is 58.2 Å². The smallest absolute Gasteiger partial charge is 0.281 e. The van der Waals surface area contributed by atoms with Gasteiger partial charge in [0.05, 0.1) is 6.07 Å². The number of hydrogen-bond donors (Lipinski definition) is 1. The average Bonchev–Trinajstić information content (AvgIpc) is 2.97. The van der Waals surface area contributed by atoms with E-state index in [0.717, 1.165) is 0 Å². The fourth-order valence-electron chi connectivity index (χ4n) is 1.95. The maximum atomic E-state index is 12.3. The van der Waals surface area contributed by atoms with Crippen LogP contribution in [0.2, 0.25) is 5.02 Å². The first-order valence-corrected chi connectivity index (χ1v) is 7.55. The van der Waals surface area contributed by atoms with E-state index < -0.39 is 11.9 Å². The molecule has 0 aliphatic heterocycles. The van der Waals surface area contributed by atoms with Crippen LogP contribution in [-0.2, 0) is 0 Å². The zero-order chi connectivity index (χ0) is 15.5. The molecule has 2 aromatic heterocycles. The van der Waals surface area contributed by atoms with E-state index in [4.69, 9.17) is 11.6 Å². The molecule has 1 amide bonds. The Labute approximate surface area is 135 Å². The number of nitriles is 1. The summed E-state index contributed by atoms with van der Waals surface area (Å²) in [5.74, 6) is -0.422. The molecule has 5 nitrogen and oxygen atoms in total. The van der Waals surface area contributed by atoms with Crippen LogP contribution < -0.4 is 5.32 Å². The Morgan fingerprint density at radius 2 is 2.14 bits per heavy atom. The predicted molar refractivity (Wildman–Crippen MR) is 84.7 cm³/mol. The number of fused-ring (bicyclic) bond motifs is 1. The summed E-state index contributed by atoms with van der Waals surface area (Å²) in [5, 5.41) is 12.6. The third-order valence-electron chi connectivity index (χ3n) is 2.98. The lowest BCUT2D eigenvalue weighted by Crippen LogP contribution is -2.27. The number of nitrogens with one attached hydrogen (secondary N) is 1. The van der Waals surface area contributed by atoms with Crippen molar-refractivity contribution in [2.75, 3.05) is 0 Å². The molecule has 0 spiro atoms. The highest BCUT2D eigenvalue weighted by atomic mass is 35.5. The predicted octanol–water partition coefficient (Wildman–Crippen LogP) is 3.34. The van der Waals surface area contributed by atoms with Gasteiger partial charge in [-0.3, -0.25) is 4.79 Å². The monoisotopic (exact) mass is 328 g/mol. The Morgan fingerprint density at radius 1 is 1.32 bits per heavy atom. The molecule has 0 saturated carbocycles. The number of pyridine rings is 1. The first-order valence-electron chi connectivity index (χ1n) is 6.35. The molecule has 0 aliphatic carbocycles. The van der Waals surface area contributed by atoms with Crippen LogP contribution in [0.3, 0.4) is 0 Å². The summed E-state index contributed by atoms with van der Waals surface area (Å²) in [6, 6.07) is 11.7. The number of rotatable bonds is 3. The third-order valence-corrected chi connectivity index (χ3v) is 4.30. The number of aromatic nitrogens is 2. The van der Waals surface area contributed by atoms with Gasteiger partial charge in [0.25, 0.3) is 5.91 Å². The van der Waals surface area contributed by atoms with Crippen LogP contribution in [0.25, 0.3) is 10.3 Å². The van der Waals surface area contributed by atoms with Gasteiger partial charge >= 0.3 is 0 Å². The van der Waals surface area contributed by atoms with Gasteiger partial charge in [0.1, 0.15) is 16.4 Å². The number of carbonyl (C=O) groups excluding carboxylic acids is 1. The Kier molecular flexibility index (Phi) is 4.00. The van der Waals surface area contributed by atoms with Gasteiger partial charge in [-0.05, 0) is 18.2 Å². The lowest BCUT2D eigenvalue weighted by atomic mass is 10.1. The lowest BCUT2D eigenvalue weighted by molar-refractivity contribution is 0.0945. The molecular formula is C15H9ClN4OS. The van der Waals surface area contributed by atoms with Crippen LogP contribution >= 0.6 is 22.9 Å². The fraction of sp³-hybridized carbons (Fsp3) is 0.0667. The number of halogens is 1. The summed E-state index contributed by atoms with van der Waals surface area (Å²) < 4.78 is 0. The van der Waals surface area contributed by atoms with Gasteiger partial charge in [-0.1, -0.05) is 41.1 Å². The molecule has 1 aromatic carbocycles. The largest absolute Gasteiger partial charge is 0.330 e. The second kappa shape index (κ2) is 6.10. The molecule has 0 saturated heterocycles. The summed E-state index contributed by atoms with van der Waals surface area (Å²) in [6.07, 6.45) is 1.64. The summed E-state index contributed by atoms with van der Waals surface area (Å²) in [6.45, 7) is 0. The van der Waals surface area contributed by atoms with Gasteiger partial charge in [0, 0.05) is 16.8 Å². The fourth-order valence-corrected chi connectivity index (χ4v) is 3.00. The zero-order valence-electron chi connectivity index (χ0n) is 11.2. The number of carbonyl (C=O) groups is 1. The van der Waals surface area contributed by atoms with Gasteiger partial charge in [-0.25, -0.2) is 9.97 Å². The van der Waals surface area contributed by atoms with Crippen molar-refractivity contribution in [3.63, 3.8) is 0 Å². The molecule has 0 radical (unpaired) electrons. The van der Waals surface area contributed by atoms with Crippen molar-refractivity contribution in [2.24, 2.45) is 0 Å². The zero-order valence-corrected chi connectivity index (χ0v) is 12.7. The number of nitrogens with zero attached hydrogens (tertiary/aromatic N) is 3. The highest BCUT2D eigenvalue weighted by molar-refractivity contribution is 7.19. The van der Waals surface area contributed by atoms with Gasteiger partial charge in [0.2, 0.25) is 0 Å². The topological polar surface area (TPSA) is 78.7 Å². The van der Waals surface area contributed by atoms with Crippen LogP contribution in [0.15, 0.2) is 42.6 Å². The standard InChI is InChI=1S/C15H9ClN4OS/c16-10-5-2-1-4-9(10)12(8-17)19-13(21)15-20-11-6-3-7-18-14(11)22-15/h1-7,12H,(H,19,21)/t12-/m1/s1. The van der Waals surface area contributed by atoms with Crippen molar-refractivity contribution in [1.82, 2.24) is 15.3 Å². The molecule has 1 atom stereocenters. The van der Waals surface area contributed by atoms with Gasteiger partial charge in [-0.15, -0.1) is 0 Å². The minimum Gasteiger partial charge on any atom is -0.330 e. The van der Waals surface area contributed by atoms with Crippen LogP contribution in [0.1, 0.15) is 21.4 Å². The van der Waals surface area contributed by atoms with E-state index in [1.807, 2.05) is 6.07 Å². The van der Waals surface area contributed by atoms with Gasteiger partial charge < -0.3 is 5.32 Å². The van der Waals surface area contributed by atoms with E-state index in [-0.39, 0.29) is 5.01 Å². The average molecular weight is 329 g/mol. The van der Waals surface area contributed by atoms with E-state index in [0.29, 0.717) is 20.9 Å². The summed E-state index contributed by atoms with van der Waals surface area (Å²) >= 11 is 7.25. The minimum absolute atomic E-state index is 0.265. The van der Waals surface area contributed by atoms with E-state index >= 15 is 0 Å². The Balaban J connectivity index is 1.86. The van der Waals surface area contributed by atoms with Crippen molar-refractivity contribution in [1.29, 1.82) is 5.26 Å². The molecule has 7 heteroatoms. The Hall–Kier alpha value is -2.49. The molecule has 0 fully saturated rings. The molecule has 108 valence electrons. The third kappa shape index (κ3) is 2.77. The molecule has 0 aliphatic rings. The minimum atomic E-state index is -0.832. The van der Waals surface area contributed by atoms with E-state index in [1.165, 1.54) is 11.3 Å². The van der Waals surface area contributed by atoms with E-state index in [1.54, 1.807) is 42.6 Å². The van der Waals surface area contributed by atoms with E-state index in [2.05, 4.69) is 15.3 Å². The summed E-state index contributed by atoms with van der Waals surface area (Å²) in [4.78, 5) is 21.3. The Bertz CT molecular complexity index is 853. The van der Waals surface area contributed by atoms with Crippen LogP contribution in [0, 0.1) is 11.3 Å². The molecule has 1 N–H and O–H groups in total. The summed E-state index contributed by atoms with van der Waals surface area (Å²) in [7, 11) is 0. The number of hydrogen-bond acceptors (Lipinski definition) is 5. The molecule has 0 unspecified atom stereocenters. The van der Waals surface area contributed by atoms with Crippen LogP contribution in [0.4, 0.5) is 0 Å². The molecule has 22 heavy (non-hydrogen) atoms. The summed E-state index contributed by atoms with van der Waals surface area (Å²) in [5.41, 5.74) is 1.21. The first kappa shape index (κ1) is 14.4. The molecule has 3 rings (SSSR count). The van der Waals surface area contributed by atoms with Crippen molar-refractivity contribution < 1.29 is 4.79 Å². The molecule has 0 bridgehead atoms. The van der Waals surface area contributed by atoms with Gasteiger partial charge in [-0.2, -0.15) is 5.26 Å². The maximum Gasteiger partial charge on any atom is 0.281 e. The lowest BCUT2D eigenvalue weighted by Gasteiger charge is -2.12. The second-order valence-corrected chi connectivity index (χ2v) is 5.79. The SMILES string of the molecule is N#C[C@@H](NC(=O)c1nc2cccnc2s1)c1ccccc1Cl. The van der Waals surface area contributed by atoms with E-state index in [9.17, 15) is 10.1 Å². The number of thiazole rings is 1. The van der Waals surface area contributed by atoms with Crippen LogP contribution in [-0.4, -0.2) is 15.9 Å². The van der Waals surface area contributed by atoms with Crippen molar-refractivity contribution in [3.8, 4) is 6.07 Å². The van der Waals surface area contributed by atoms with Crippen molar-refractivity contribution in [2.45, 2.75) is 6.04 Å². The highest BCUT2D eigenvalue weighted by Crippen LogP contribution is 2.24. The second-order valence-electron chi connectivity index (χ2n) is 4.40.